The van der Waals surface area contributed by atoms with Gasteiger partial charge >= 0.3 is 0 Å². The minimum absolute atomic E-state index is 0.0797. The number of aliphatic imine (C=N–C) groups is 1. The van der Waals surface area contributed by atoms with Crippen LogP contribution in [0.1, 0.15) is 42.5 Å². The van der Waals surface area contributed by atoms with Crippen molar-refractivity contribution in [3.05, 3.63) is 53.6 Å². The number of thioether (sulfide) groups is 1. The highest BCUT2D eigenvalue weighted by Gasteiger charge is 2.45. The minimum atomic E-state index is 0.0797. The number of hydrogen-bond donors (Lipinski definition) is 1. The van der Waals surface area contributed by atoms with Crippen LogP contribution in [0.4, 0.5) is 0 Å². The molecular formula is C17H20N4S. The lowest BCUT2D eigenvalue weighted by atomic mass is 10.00. The Morgan fingerprint density at radius 2 is 2.23 bits per heavy atom. The van der Waals surface area contributed by atoms with Crippen LogP contribution < -0.4 is 0 Å². The number of pyridine rings is 1. The number of rotatable bonds is 3. The van der Waals surface area contributed by atoms with Gasteiger partial charge in [-0.15, -0.1) is 0 Å². The van der Waals surface area contributed by atoms with E-state index < -0.39 is 0 Å². The molecular weight excluding hydrogens is 292 g/mol. The number of H-pyrrole nitrogens is 1. The van der Waals surface area contributed by atoms with Crippen molar-refractivity contribution in [2.45, 2.75) is 38.4 Å². The summed E-state index contributed by atoms with van der Waals surface area (Å²) < 4.78 is 0. The number of nitrogens with one attached hydrogen (secondary N) is 1. The van der Waals surface area contributed by atoms with Gasteiger partial charge in [0.05, 0.1) is 11.7 Å². The van der Waals surface area contributed by atoms with Gasteiger partial charge in [0.15, 0.2) is 5.17 Å². The number of fused-ring (bicyclic) bond motifs is 1. The largest absolute Gasteiger partial charge is 0.361 e. The summed E-state index contributed by atoms with van der Waals surface area (Å²) >= 11 is 1.88. The van der Waals surface area contributed by atoms with E-state index in [0.717, 1.165) is 17.9 Å². The molecule has 1 N–H and O–H groups in total. The average Bonchev–Trinajstić information content (AvgIpc) is 3.22. The first kappa shape index (κ1) is 13.9. The fourth-order valence-corrected chi connectivity index (χ4v) is 4.72. The summed E-state index contributed by atoms with van der Waals surface area (Å²) in [4.78, 5) is 15.6. The van der Waals surface area contributed by atoms with Crippen molar-refractivity contribution in [2.75, 3.05) is 5.75 Å². The third kappa shape index (κ3) is 2.15. The second kappa shape index (κ2) is 5.47. The average molecular weight is 312 g/mol. The molecule has 2 aliphatic heterocycles. The first-order valence-corrected chi connectivity index (χ1v) is 8.82. The van der Waals surface area contributed by atoms with E-state index in [1.807, 2.05) is 30.1 Å². The van der Waals surface area contributed by atoms with Crippen LogP contribution in [0.25, 0.3) is 0 Å². The highest BCUT2D eigenvalue weighted by atomic mass is 32.2. The van der Waals surface area contributed by atoms with E-state index in [2.05, 4.69) is 46.9 Å². The van der Waals surface area contributed by atoms with E-state index in [4.69, 9.17) is 4.99 Å². The maximum absolute atomic E-state index is 5.01. The van der Waals surface area contributed by atoms with Crippen molar-refractivity contribution in [1.82, 2.24) is 14.9 Å². The molecule has 4 rings (SSSR count). The summed E-state index contributed by atoms with van der Waals surface area (Å²) in [6.07, 6.45) is 3.01. The number of aromatic nitrogens is 2. The van der Waals surface area contributed by atoms with Gasteiger partial charge in [0.25, 0.3) is 0 Å². The third-order valence-corrected chi connectivity index (χ3v) is 5.63. The summed E-state index contributed by atoms with van der Waals surface area (Å²) in [5, 5.41) is 1.18. The first-order chi connectivity index (χ1) is 10.8. The van der Waals surface area contributed by atoms with Crippen LogP contribution in [-0.2, 0) is 0 Å². The van der Waals surface area contributed by atoms with E-state index in [1.165, 1.54) is 16.6 Å². The number of aryl methyl sites for hydroxylation is 1. The zero-order valence-electron chi connectivity index (χ0n) is 12.9. The molecule has 2 aliphatic rings. The molecule has 0 spiro atoms. The van der Waals surface area contributed by atoms with Crippen LogP contribution in [0, 0.1) is 6.92 Å². The summed E-state index contributed by atoms with van der Waals surface area (Å²) in [5.41, 5.74) is 3.49. The maximum Gasteiger partial charge on any atom is 0.160 e. The molecule has 4 nitrogen and oxygen atoms in total. The van der Waals surface area contributed by atoms with Crippen LogP contribution in [-0.4, -0.2) is 31.8 Å². The van der Waals surface area contributed by atoms with Gasteiger partial charge in [0.2, 0.25) is 0 Å². The lowest BCUT2D eigenvalue weighted by Crippen LogP contribution is -2.35. The minimum Gasteiger partial charge on any atom is -0.361 e. The van der Waals surface area contributed by atoms with Gasteiger partial charge in [-0.3, -0.25) is 9.98 Å². The molecule has 0 saturated carbocycles. The normalized spacial score (nSPS) is 27.1. The Bertz CT molecular complexity index is 694. The number of hydrogen-bond acceptors (Lipinski definition) is 4. The smallest absolute Gasteiger partial charge is 0.160 e. The molecule has 0 radical (unpaired) electrons. The van der Waals surface area contributed by atoms with Crippen molar-refractivity contribution < 1.29 is 0 Å². The number of amidine groups is 1. The lowest BCUT2D eigenvalue weighted by Gasteiger charge is -2.30. The van der Waals surface area contributed by atoms with Gasteiger partial charge in [0.1, 0.15) is 6.04 Å². The topological polar surface area (TPSA) is 44.3 Å². The summed E-state index contributed by atoms with van der Waals surface area (Å²) in [5.74, 6) is 1.14. The Labute approximate surface area is 135 Å². The zero-order chi connectivity index (χ0) is 15.1. The van der Waals surface area contributed by atoms with Crippen LogP contribution in [0.3, 0.4) is 0 Å². The molecule has 0 bridgehead atoms. The second-order valence-electron chi connectivity index (χ2n) is 5.93. The fourth-order valence-electron chi connectivity index (χ4n) is 3.39. The molecule has 4 heterocycles. The molecule has 0 unspecified atom stereocenters. The summed E-state index contributed by atoms with van der Waals surface area (Å²) in [6, 6.07) is 11.3. The third-order valence-electron chi connectivity index (χ3n) is 4.50. The van der Waals surface area contributed by atoms with Gasteiger partial charge in [0, 0.05) is 29.4 Å². The Kier molecular flexibility index (Phi) is 3.45. The van der Waals surface area contributed by atoms with E-state index in [0.29, 0.717) is 6.04 Å². The zero-order valence-corrected chi connectivity index (χ0v) is 13.7. The number of aromatic amines is 1. The van der Waals surface area contributed by atoms with Crippen molar-refractivity contribution in [2.24, 2.45) is 4.99 Å². The second-order valence-corrected chi connectivity index (χ2v) is 6.92. The van der Waals surface area contributed by atoms with Crippen LogP contribution in [0.2, 0.25) is 0 Å². The maximum atomic E-state index is 5.01. The first-order valence-electron chi connectivity index (χ1n) is 7.83. The number of nitrogens with zero attached hydrogens (tertiary/aromatic N) is 3. The molecule has 5 heteroatoms. The van der Waals surface area contributed by atoms with Gasteiger partial charge < -0.3 is 9.88 Å². The molecule has 0 amide bonds. The van der Waals surface area contributed by atoms with Gasteiger partial charge in [-0.2, -0.15) is 0 Å². The van der Waals surface area contributed by atoms with Crippen LogP contribution in [0.15, 0.2) is 41.5 Å². The van der Waals surface area contributed by atoms with E-state index in [-0.39, 0.29) is 12.1 Å². The fraction of sp³-hybridized carbons (Fsp3) is 0.412. The summed E-state index contributed by atoms with van der Waals surface area (Å²) in [6.45, 7) is 4.37. The lowest BCUT2D eigenvalue weighted by molar-refractivity contribution is 0.251. The highest BCUT2D eigenvalue weighted by molar-refractivity contribution is 8.14. The Morgan fingerprint density at radius 3 is 2.91 bits per heavy atom. The highest BCUT2D eigenvalue weighted by Crippen LogP contribution is 2.48. The molecule has 0 aliphatic carbocycles. The Morgan fingerprint density at radius 1 is 1.32 bits per heavy atom. The quantitative estimate of drug-likeness (QED) is 0.940. The standard InChI is InChI=1S/C17H20N4S/c1-3-12-10-22-17-20-15(13-6-4-5-9-18-13)16(21(12)17)14-8-7-11(2)19-14/h4-9,12,15-16,19H,3,10H2,1-2H3/t12-,15+,16+/m0/s1. The van der Waals surface area contributed by atoms with E-state index >= 15 is 0 Å². The van der Waals surface area contributed by atoms with Gasteiger partial charge in [-0.1, -0.05) is 24.8 Å². The summed E-state index contributed by atoms with van der Waals surface area (Å²) in [7, 11) is 0. The molecule has 2 aromatic rings. The Balaban J connectivity index is 1.78. The molecule has 1 saturated heterocycles. The molecule has 2 aromatic heterocycles. The predicted molar refractivity (Wildman–Crippen MR) is 91.1 cm³/mol. The molecule has 3 atom stereocenters. The molecule has 1 fully saturated rings. The molecule has 22 heavy (non-hydrogen) atoms. The van der Waals surface area contributed by atoms with Crippen molar-refractivity contribution >= 4 is 16.9 Å². The predicted octanol–water partition coefficient (Wildman–Crippen LogP) is 3.70. The van der Waals surface area contributed by atoms with Crippen LogP contribution in [0.5, 0.6) is 0 Å². The molecule has 0 aromatic carbocycles. The monoisotopic (exact) mass is 312 g/mol. The van der Waals surface area contributed by atoms with E-state index in [9.17, 15) is 0 Å². The van der Waals surface area contributed by atoms with Gasteiger partial charge in [-0.05, 0) is 37.6 Å². The van der Waals surface area contributed by atoms with Crippen LogP contribution >= 0.6 is 11.8 Å². The van der Waals surface area contributed by atoms with Crippen molar-refractivity contribution in [3.8, 4) is 0 Å². The van der Waals surface area contributed by atoms with Crippen molar-refractivity contribution in [1.29, 1.82) is 0 Å². The SMILES string of the molecule is CC[C@H]1CSC2=N[C@H](c3ccccn3)[C@@H](c3ccc(C)[nH]3)N21. The van der Waals surface area contributed by atoms with Gasteiger partial charge in [-0.25, -0.2) is 0 Å². The Hall–Kier alpha value is -1.75. The molecule has 114 valence electrons. The van der Waals surface area contributed by atoms with E-state index in [1.54, 1.807) is 0 Å². The van der Waals surface area contributed by atoms with Crippen molar-refractivity contribution in [3.63, 3.8) is 0 Å².